The van der Waals surface area contributed by atoms with E-state index in [0.29, 0.717) is 6.42 Å². The largest absolute Gasteiger partial charge is 0.388 e. The molecule has 1 fully saturated rings. The Labute approximate surface area is 260 Å². The van der Waals surface area contributed by atoms with Gasteiger partial charge in [0.25, 0.3) is 0 Å². The number of thiophene rings is 1. The number of terminal acetylenes is 1. The van der Waals surface area contributed by atoms with Gasteiger partial charge in [0.05, 0.1) is 23.6 Å². The van der Waals surface area contributed by atoms with Gasteiger partial charge in [-0.25, -0.2) is 4.98 Å². The quantitative estimate of drug-likeness (QED) is 0.120. The number of rotatable bonds is 11. The summed E-state index contributed by atoms with van der Waals surface area (Å²) in [6.45, 7) is 12.9. The topological polar surface area (TPSA) is 78.5 Å². The van der Waals surface area contributed by atoms with Gasteiger partial charge >= 0.3 is 0 Å². The van der Waals surface area contributed by atoms with Gasteiger partial charge in [-0.05, 0) is 67.2 Å². The van der Waals surface area contributed by atoms with E-state index in [1.54, 1.807) is 11.3 Å². The van der Waals surface area contributed by atoms with E-state index in [1.165, 1.54) is 41.9 Å². The molecule has 5 rings (SSSR count). The van der Waals surface area contributed by atoms with Gasteiger partial charge in [0, 0.05) is 52.6 Å². The second kappa shape index (κ2) is 15.2. The molecule has 0 atom stereocenters. The monoisotopic (exact) mass is 590 g/mol. The van der Waals surface area contributed by atoms with Crippen molar-refractivity contribution in [3.63, 3.8) is 0 Å². The smallest absolute Gasteiger partial charge is 0.111 e. The Hall–Kier alpha value is -4.41. The predicted molar refractivity (Wildman–Crippen MR) is 184 cm³/mol. The minimum atomic E-state index is 0.598. The fourth-order valence-corrected chi connectivity index (χ4v) is 6.40. The normalized spacial score (nSPS) is 14.2. The Balaban J connectivity index is 0.00000207. The minimum absolute atomic E-state index is 0.598. The van der Waals surface area contributed by atoms with Crippen molar-refractivity contribution in [1.29, 1.82) is 0 Å². The van der Waals surface area contributed by atoms with Crippen molar-refractivity contribution in [2.75, 3.05) is 12.4 Å². The first-order valence-electron chi connectivity index (χ1n) is 14.8. The summed E-state index contributed by atoms with van der Waals surface area (Å²) in [6, 6.07) is 6.41. The third-order valence-corrected chi connectivity index (χ3v) is 8.79. The third-order valence-electron chi connectivity index (χ3n) is 7.75. The fourth-order valence-electron chi connectivity index (χ4n) is 5.53. The molecule has 1 saturated carbocycles. The number of likely N-dealkylation sites (N-methyl/N-ethyl adjacent to an activating group) is 1. The number of hydrogen-bond donors (Lipinski definition) is 3. The molecule has 222 valence electrons. The summed E-state index contributed by atoms with van der Waals surface area (Å²) in [6.07, 6.45) is 28.0. The first-order chi connectivity index (χ1) is 20.9. The highest BCUT2D eigenvalue weighted by molar-refractivity contribution is 7.15. The summed E-state index contributed by atoms with van der Waals surface area (Å²) < 4.78 is 0. The Kier molecular flexibility index (Phi) is 11.1. The van der Waals surface area contributed by atoms with Gasteiger partial charge in [0.15, 0.2) is 0 Å². The van der Waals surface area contributed by atoms with Crippen molar-refractivity contribution in [3.05, 3.63) is 102 Å². The molecule has 6 nitrogen and oxygen atoms in total. The second-order valence-electron chi connectivity index (χ2n) is 11.0. The number of allylic oxidation sites excluding steroid dienone is 5. The zero-order valence-electron chi connectivity index (χ0n) is 25.5. The number of H-pyrrole nitrogens is 1. The van der Waals surface area contributed by atoms with Crippen LogP contribution in [0.4, 0.5) is 5.69 Å². The predicted octanol–water partition coefficient (Wildman–Crippen LogP) is 8.84. The highest BCUT2D eigenvalue weighted by Crippen LogP contribution is 2.32. The summed E-state index contributed by atoms with van der Waals surface area (Å²) in [5.41, 5.74) is 9.08. The van der Waals surface area contributed by atoms with Crippen LogP contribution in [0.2, 0.25) is 0 Å². The molecule has 4 heterocycles. The van der Waals surface area contributed by atoms with Gasteiger partial charge in [-0.2, -0.15) is 0 Å². The molecule has 1 aliphatic carbocycles. The van der Waals surface area contributed by atoms with E-state index in [4.69, 9.17) is 4.98 Å². The molecule has 0 aliphatic heterocycles. The SMILES string of the molecule is C#C.C=C(CC1CCCCC1)Nc1cncc(/C(C)=C/C=C(/NC)C(=C)Cc2nc3c(-c4ccc(C)s4)cncc3[nH]2)c1. The van der Waals surface area contributed by atoms with Gasteiger partial charge < -0.3 is 15.6 Å². The average Bonchev–Trinajstić information content (AvgIpc) is 3.64. The molecule has 0 aromatic carbocycles. The van der Waals surface area contributed by atoms with E-state index in [2.05, 4.69) is 95.8 Å². The van der Waals surface area contributed by atoms with Crippen LogP contribution in [0.15, 0.2) is 85.3 Å². The molecule has 4 aromatic rings. The lowest BCUT2D eigenvalue weighted by molar-refractivity contribution is 0.357. The van der Waals surface area contributed by atoms with Gasteiger partial charge in [0.1, 0.15) is 11.3 Å². The fraction of sp³-hybridized carbons (Fsp3) is 0.306. The van der Waals surface area contributed by atoms with E-state index in [1.807, 2.05) is 31.8 Å². The molecule has 4 aromatic heterocycles. The highest BCUT2D eigenvalue weighted by atomic mass is 32.1. The summed E-state index contributed by atoms with van der Waals surface area (Å²) in [4.78, 5) is 19.7. The molecule has 1 aliphatic rings. The van der Waals surface area contributed by atoms with Crippen molar-refractivity contribution in [2.24, 2.45) is 5.92 Å². The maximum absolute atomic E-state index is 4.93. The summed E-state index contributed by atoms with van der Waals surface area (Å²) in [7, 11) is 1.92. The highest BCUT2D eigenvalue weighted by Gasteiger charge is 2.15. The zero-order chi connectivity index (χ0) is 30.8. The van der Waals surface area contributed by atoms with Crippen molar-refractivity contribution in [2.45, 2.75) is 58.8 Å². The molecular formula is C36H42N6S. The van der Waals surface area contributed by atoms with E-state index in [-0.39, 0.29) is 0 Å². The maximum atomic E-state index is 4.93. The molecule has 0 saturated heterocycles. The van der Waals surface area contributed by atoms with Crippen molar-refractivity contribution < 1.29 is 0 Å². The van der Waals surface area contributed by atoms with E-state index < -0.39 is 0 Å². The molecule has 0 spiro atoms. The number of anilines is 1. The average molecular weight is 591 g/mol. The van der Waals surface area contributed by atoms with Crippen LogP contribution in [0.1, 0.15) is 61.7 Å². The van der Waals surface area contributed by atoms with Crippen LogP contribution in [0, 0.1) is 25.7 Å². The van der Waals surface area contributed by atoms with Gasteiger partial charge in [0.2, 0.25) is 0 Å². The van der Waals surface area contributed by atoms with Crippen molar-refractivity contribution in [3.8, 4) is 23.3 Å². The van der Waals surface area contributed by atoms with E-state index >= 15 is 0 Å². The number of aromatic amines is 1. The van der Waals surface area contributed by atoms with Crippen molar-refractivity contribution in [1.82, 2.24) is 25.3 Å². The van der Waals surface area contributed by atoms with Crippen LogP contribution in [-0.4, -0.2) is 27.0 Å². The minimum Gasteiger partial charge on any atom is -0.388 e. The number of aryl methyl sites for hydroxylation is 1. The van der Waals surface area contributed by atoms with Gasteiger partial charge in [-0.3, -0.25) is 9.97 Å². The van der Waals surface area contributed by atoms with Crippen LogP contribution in [0.3, 0.4) is 0 Å². The number of pyridine rings is 2. The molecule has 3 N–H and O–H groups in total. The number of nitrogens with one attached hydrogen (secondary N) is 3. The zero-order valence-corrected chi connectivity index (χ0v) is 26.4. The van der Waals surface area contributed by atoms with Crippen LogP contribution in [0.25, 0.3) is 27.0 Å². The Morgan fingerprint density at radius 2 is 1.84 bits per heavy atom. The molecule has 0 radical (unpaired) electrons. The van der Waals surface area contributed by atoms with E-state index in [9.17, 15) is 0 Å². The number of fused-ring (bicyclic) bond motifs is 1. The lowest BCUT2D eigenvalue weighted by Crippen LogP contribution is -2.10. The lowest BCUT2D eigenvalue weighted by Gasteiger charge is -2.23. The maximum Gasteiger partial charge on any atom is 0.111 e. The third kappa shape index (κ3) is 8.33. The van der Waals surface area contributed by atoms with Crippen LogP contribution in [-0.2, 0) is 6.42 Å². The van der Waals surface area contributed by atoms with Gasteiger partial charge in [-0.1, -0.05) is 51.3 Å². The number of nitrogens with zero attached hydrogens (tertiary/aromatic N) is 3. The van der Waals surface area contributed by atoms with Crippen LogP contribution < -0.4 is 10.6 Å². The van der Waals surface area contributed by atoms with Crippen LogP contribution in [0.5, 0.6) is 0 Å². The first kappa shape index (κ1) is 31.5. The lowest BCUT2D eigenvalue weighted by atomic mass is 9.86. The number of hydrogen-bond acceptors (Lipinski definition) is 6. The molecule has 43 heavy (non-hydrogen) atoms. The molecule has 7 heteroatoms. The molecule has 0 bridgehead atoms. The Morgan fingerprint density at radius 3 is 2.56 bits per heavy atom. The first-order valence-corrected chi connectivity index (χ1v) is 15.6. The van der Waals surface area contributed by atoms with Crippen LogP contribution >= 0.6 is 11.3 Å². The Morgan fingerprint density at radius 1 is 1.07 bits per heavy atom. The number of aromatic nitrogens is 4. The second-order valence-corrected chi connectivity index (χ2v) is 12.3. The van der Waals surface area contributed by atoms with Crippen molar-refractivity contribution >= 4 is 33.6 Å². The number of imidazole rings is 1. The summed E-state index contributed by atoms with van der Waals surface area (Å²) in [5, 5.41) is 6.80. The Bertz CT molecular complexity index is 1640. The summed E-state index contributed by atoms with van der Waals surface area (Å²) >= 11 is 1.76. The van der Waals surface area contributed by atoms with Gasteiger partial charge in [-0.15, -0.1) is 24.2 Å². The van der Waals surface area contributed by atoms with E-state index in [0.717, 1.165) is 68.6 Å². The summed E-state index contributed by atoms with van der Waals surface area (Å²) in [5.74, 6) is 1.62. The standard InChI is InChI=1S/C34H40N6S.C2H2/c1-22(27-17-28(19-36-18-27)38-24(3)16-26-9-7-6-8-10-26)11-13-30(35-5)23(2)15-33-39-31-21-37-20-29(34(31)40-33)32-14-12-25(4)41-32;1-2/h11-14,17-21,26,35,38H,2-3,6-10,15-16H2,1,4-5H3,(H,39,40);1-2H/b22-11+,30-13+;. The molecule has 0 unspecified atom stereocenters. The molecule has 0 amide bonds. The molecular weight excluding hydrogens is 549 g/mol.